The number of nitrogens with one attached hydrogen (secondary N) is 1. The van der Waals surface area contributed by atoms with E-state index in [0.717, 1.165) is 18.7 Å². The molecule has 96 valence electrons. The van der Waals surface area contributed by atoms with Crippen LogP contribution in [0.2, 0.25) is 5.02 Å². The van der Waals surface area contributed by atoms with E-state index in [-0.39, 0.29) is 0 Å². The molecule has 0 atom stereocenters. The van der Waals surface area contributed by atoms with E-state index in [1.807, 2.05) is 0 Å². The van der Waals surface area contributed by atoms with Gasteiger partial charge in [-0.25, -0.2) is 0 Å². The Morgan fingerprint density at radius 2 is 2.12 bits per heavy atom. The van der Waals surface area contributed by atoms with Crippen LogP contribution in [0.15, 0.2) is 18.2 Å². The van der Waals surface area contributed by atoms with E-state index < -0.39 is 0 Å². The van der Waals surface area contributed by atoms with E-state index in [1.54, 1.807) is 18.2 Å². The molecule has 2 N–H and O–H groups in total. The first kappa shape index (κ1) is 14.3. The second-order valence-electron chi connectivity index (χ2n) is 4.52. The van der Waals surface area contributed by atoms with Crippen molar-refractivity contribution in [1.82, 2.24) is 10.2 Å². The lowest BCUT2D eigenvalue weighted by molar-refractivity contribution is 0.273. The van der Waals surface area contributed by atoms with E-state index in [2.05, 4.69) is 31.1 Å². The predicted molar refractivity (Wildman–Crippen MR) is 72.6 cm³/mol. The fourth-order valence-corrected chi connectivity index (χ4v) is 1.63. The highest BCUT2D eigenvalue weighted by molar-refractivity contribution is 6.30. The molecule has 0 aromatic heterocycles. The Balaban J connectivity index is 2.33. The van der Waals surface area contributed by atoms with Crippen molar-refractivity contribution in [1.29, 1.82) is 0 Å². The Morgan fingerprint density at radius 1 is 1.41 bits per heavy atom. The summed E-state index contributed by atoms with van der Waals surface area (Å²) in [5.74, 6) is 0.291. The van der Waals surface area contributed by atoms with Gasteiger partial charge in [-0.05, 0) is 39.1 Å². The van der Waals surface area contributed by atoms with E-state index >= 15 is 0 Å². The minimum atomic E-state index is 0.291. The Morgan fingerprint density at radius 3 is 2.76 bits per heavy atom. The molecule has 17 heavy (non-hydrogen) atoms. The molecule has 3 nitrogen and oxygen atoms in total. The Labute approximate surface area is 108 Å². The third-order valence-corrected chi connectivity index (χ3v) is 3.11. The van der Waals surface area contributed by atoms with Crippen LogP contribution in [0, 0.1) is 0 Å². The highest BCUT2D eigenvalue weighted by atomic mass is 35.5. The molecule has 0 saturated carbocycles. The zero-order valence-electron chi connectivity index (χ0n) is 10.7. The van der Waals surface area contributed by atoms with Gasteiger partial charge >= 0.3 is 0 Å². The molecule has 0 aliphatic carbocycles. The van der Waals surface area contributed by atoms with Gasteiger partial charge in [0, 0.05) is 36.3 Å². The molecule has 0 bridgehead atoms. The summed E-state index contributed by atoms with van der Waals surface area (Å²) in [7, 11) is 2.10. The summed E-state index contributed by atoms with van der Waals surface area (Å²) in [5, 5.41) is 13.6. The summed E-state index contributed by atoms with van der Waals surface area (Å²) in [5.41, 5.74) is 0.838. The minimum absolute atomic E-state index is 0.291. The van der Waals surface area contributed by atoms with Crippen molar-refractivity contribution >= 4 is 11.6 Å². The molecule has 0 spiro atoms. The topological polar surface area (TPSA) is 35.5 Å². The maximum absolute atomic E-state index is 9.62. The van der Waals surface area contributed by atoms with Crippen molar-refractivity contribution in [2.45, 2.75) is 26.4 Å². The summed E-state index contributed by atoms with van der Waals surface area (Å²) >= 11 is 5.87. The van der Waals surface area contributed by atoms with Gasteiger partial charge in [0.15, 0.2) is 0 Å². The highest BCUT2D eigenvalue weighted by Gasteiger charge is 2.04. The van der Waals surface area contributed by atoms with Gasteiger partial charge in [0.1, 0.15) is 5.75 Å². The standard InChI is InChI=1S/C13H21ClN2O/c1-10(2)16(3)7-6-15-9-11-8-12(14)4-5-13(11)17/h4-5,8,10,15,17H,6-7,9H2,1-3H3. The monoisotopic (exact) mass is 256 g/mol. The van der Waals surface area contributed by atoms with Crippen LogP contribution in [0.3, 0.4) is 0 Å². The van der Waals surface area contributed by atoms with Gasteiger partial charge in [-0.3, -0.25) is 0 Å². The molecule has 1 aromatic carbocycles. The Bertz CT molecular complexity index is 355. The van der Waals surface area contributed by atoms with Crippen LogP contribution in [-0.4, -0.2) is 36.2 Å². The van der Waals surface area contributed by atoms with Gasteiger partial charge in [0.2, 0.25) is 0 Å². The number of rotatable bonds is 6. The number of halogens is 1. The number of phenolic OH excluding ortho intramolecular Hbond substituents is 1. The summed E-state index contributed by atoms with van der Waals surface area (Å²) < 4.78 is 0. The van der Waals surface area contributed by atoms with Crippen LogP contribution in [0.4, 0.5) is 0 Å². The molecular formula is C13H21ClN2O. The minimum Gasteiger partial charge on any atom is -0.508 e. The number of hydrogen-bond acceptors (Lipinski definition) is 3. The van der Waals surface area contributed by atoms with Gasteiger partial charge in [-0.1, -0.05) is 11.6 Å². The van der Waals surface area contributed by atoms with Gasteiger partial charge in [0.25, 0.3) is 0 Å². The largest absolute Gasteiger partial charge is 0.508 e. The maximum Gasteiger partial charge on any atom is 0.120 e. The molecule has 0 heterocycles. The molecule has 0 aliphatic rings. The third kappa shape index (κ3) is 4.94. The van der Waals surface area contributed by atoms with Gasteiger partial charge < -0.3 is 15.3 Å². The highest BCUT2D eigenvalue weighted by Crippen LogP contribution is 2.20. The summed E-state index contributed by atoms with van der Waals surface area (Å²) in [4.78, 5) is 2.27. The van der Waals surface area contributed by atoms with E-state index in [0.29, 0.717) is 23.4 Å². The van der Waals surface area contributed by atoms with Crippen molar-refractivity contribution in [3.8, 4) is 5.75 Å². The zero-order chi connectivity index (χ0) is 12.8. The molecule has 4 heteroatoms. The maximum atomic E-state index is 9.62. The van der Waals surface area contributed by atoms with Crippen molar-refractivity contribution in [3.63, 3.8) is 0 Å². The fraction of sp³-hybridized carbons (Fsp3) is 0.538. The van der Waals surface area contributed by atoms with E-state index in [4.69, 9.17) is 11.6 Å². The number of benzene rings is 1. The van der Waals surface area contributed by atoms with Crippen LogP contribution in [0.25, 0.3) is 0 Å². The molecule has 0 saturated heterocycles. The average molecular weight is 257 g/mol. The van der Waals surface area contributed by atoms with Crippen molar-refractivity contribution in [2.75, 3.05) is 20.1 Å². The lowest BCUT2D eigenvalue weighted by Gasteiger charge is -2.21. The molecule has 1 rings (SSSR count). The number of phenols is 1. The summed E-state index contributed by atoms with van der Waals surface area (Å²) in [6.07, 6.45) is 0. The van der Waals surface area contributed by atoms with Gasteiger partial charge in [-0.15, -0.1) is 0 Å². The van der Waals surface area contributed by atoms with Crippen molar-refractivity contribution in [2.24, 2.45) is 0 Å². The molecule has 0 amide bonds. The SMILES string of the molecule is CC(C)N(C)CCNCc1cc(Cl)ccc1O. The number of likely N-dealkylation sites (N-methyl/N-ethyl adjacent to an activating group) is 1. The predicted octanol–water partition coefficient (Wildman–Crippen LogP) is 2.48. The van der Waals surface area contributed by atoms with Crippen molar-refractivity contribution in [3.05, 3.63) is 28.8 Å². The second kappa shape index (κ2) is 6.84. The third-order valence-electron chi connectivity index (χ3n) is 2.88. The molecule has 1 aromatic rings. The van der Waals surface area contributed by atoms with E-state index in [9.17, 15) is 5.11 Å². The van der Waals surface area contributed by atoms with Crippen LogP contribution in [0.5, 0.6) is 5.75 Å². The Hall–Kier alpha value is -0.770. The first-order valence-electron chi connectivity index (χ1n) is 5.89. The van der Waals surface area contributed by atoms with Gasteiger partial charge in [0.05, 0.1) is 0 Å². The molecule has 0 radical (unpaired) electrons. The van der Waals surface area contributed by atoms with Crippen LogP contribution >= 0.6 is 11.6 Å². The Kier molecular flexibility index (Phi) is 5.75. The lowest BCUT2D eigenvalue weighted by Crippen LogP contribution is -2.33. The van der Waals surface area contributed by atoms with E-state index in [1.165, 1.54) is 0 Å². The molecule has 0 aliphatic heterocycles. The molecule has 0 fully saturated rings. The van der Waals surface area contributed by atoms with Crippen LogP contribution in [-0.2, 0) is 6.54 Å². The molecule has 0 unspecified atom stereocenters. The average Bonchev–Trinajstić information content (AvgIpc) is 2.28. The smallest absolute Gasteiger partial charge is 0.120 e. The van der Waals surface area contributed by atoms with Gasteiger partial charge in [-0.2, -0.15) is 0 Å². The number of aromatic hydroxyl groups is 1. The first-order valence-corrected chi connectivity index (χ1v) is 6.27. The number of hydrogen-bond donors (Lipinski definition) is 2. The van der Waals surface area contributed by atoms with Crippen LogP contribution < -0.4 is 5.32 Å². The summed E-state index contributed by atoms with van der Waals surface area (Å²) in [6, 6.07) is 5.65. The summed E-state index contributed by atoms with van der Waals surface area (Å²) in [6.45, 7) is 6.85. The quantitative estimate of drug-likeness (QED) is 0.768. The fourth-order valence-electron chi connectivity index (χ4n) is 1.43. The lowest BCUT2D eigenvalue weighted by atomic mass is 10.2. The zero-order valence-corrected chi connectivity index (χ0v) is 11.5. The normalized spacial score (nSPS) is 11.4. The number of nitrogens with zero attached hydrogens (tertiary/aromatic N) is 1. The first-order chi connectivity index (χ1) is 8.00. The van der Waals surface area contributed by atoms with Crippen LogP contribution in [0.1, 0.15) is 19.4 Å². The van der Waals surface area contributed by atoms with Crippen molar-refractivity contribution < 1.29 is 5.11 Å². The molecular weight excluding hydrogens is 236 g/mol. The second-order valence-corrected chi connectivity index (χ2v) is 4.96.